The van der Waals surface area contributed by atoms with E-state index in [0.29, 0.717) is 6.42 Å². The normalized spacial score (nSPS) is 9.40. The number of rotatable bonds is 2. The molecule has 4 N–H and O–H groups in total. The van der Waals surface area contributed by atoms with E-state index in [4.69, 9.17) is 5.73 Å². The van der Waals surface area contributed by atoms with Crippen LogP contribution in [0.15, 0.2) is 24.3 Å². The van der Waals surface area contributed by atoms with Crippen LogP contribution in [0.3, 0.4) is 0 Å². The van der Waals surface area contributed by atoms with Gasteiger partial charge in [-0.1, -0.05) is 24.3 Å². The number of carbonyl (C=O) groups is 1. The Morgan fingerprint density at radius 1 is 1.40 bits per heavy atom. The monoisotopic (exact) mass is 223 g/mol. The van der Waals surface area contributed by atoms with E-state index in [1.807, 2.05) is 31.2 Å². The lowest BCUT2D eigenvalue weighted by Gasteiger charge is -2.07. The van der Waals surface area contributed by atoms with Crippen molar-refractivity contribution in [3.05, 3.63) is 35.4 Å². The summed E-state index contributed by atoms with van der Waals surface area (Å²) in [5.74, 6) is -0.169. The van der Waals surface area contributed by atoms with Crippen LogP contribution in [-0.2, 0) is 11.2 Å². The lowest BCUT2D eigenvalue weighted by molar-refractivity contribution is -0.121. The largest absolute Gasteiger partial charge is 0.375 e. The van der Waals surface area contributed by atoms with Crippen LogP contribution in [0.1, 0.15) is 11.1 Å². The molecule has 1 aromatic carbocycles. The quantitative estimate of drug-likeness (QED) is 0.501. The van der Waals surface area contributed by atoms with Gasteiger partial charge in [-0.05, 0) is 30.3 Å². The van der Waals surface area contributed by atoms with Gasteiger partial charge in [-0.25, -0.2) is 0 Å². The number of benzene rings is 1. The summed E-state index contributed by atoms with van der Waals surface area (Å²) >= 11 is 4.56. The molecule has 0 bridgehead atoms. The summed E-state index contributed by atoms with van der Waals surface area (Å²) < 4.78 is 0. The van der Waals surface area contributed by atoms with Gasteiger partial charge < -0.3 is 5.73 Å². The number of aryl methyl sites for hydroxylation is 1. The van der Waals surface area contributed by atoms with E-state index in [2.05, 4.69) is 23.1 Å². The first kappa shape index (κ1) is 11.5. The Hall–Kier alpha value is -1.62. The number of thiocarbonyl (C=S) groups is 1. The Labute approximate surface area is 93.8 Å². The van der Waals surface area contributed by atoms with Gasteiger partial charge in [0, 0.05) is 0 Å². The lowest BCUT2D eigenvalue weighted by atomic mass is 10.1. The Morgan fingerprint density at radius 3 is 2.67 bits per heavy atom. The van der Waals surface area contributed by atoms with E-state index in [-0.39, 0.29) is 11.0 Å². The molecule has 1 aromatic rings. The fourth-order valence-electron chi connectivity index (χ4n) is 1.16. The van der Waals surface area contributed by atoms with Crippen molar-refractivity contribution in [2.75, 3.05) is 0 Å². The Balaban J connectivity index is 2.52. The standard InChI is InChI=1S/C10H13N3OS/c1-7-4-2-3-5-8(7)6-9(14)12-13-10(11)15/h2-5H,6H2,1H3,(H,12,14)(H3,11,13,15). The van der Waals surface area contributed by atoms with Gasteiger partial charge in [-0.2, -0.15) is 0 Å². The third-order valence-electron chi connectivity index (χ3n) is 1.94. The SMILES string of the molecule is Cc1ccccc1CC(=O)NNC(N)=S. The first-order valence-electron chi connectivity index (χ1n) is 4.48. The molecule has 80 valence electrons. The average molecular weight is 223 g/mol. The minimum Gasteiger partial charge on any atom is -0.375 e. The van der Waals surface area contributed by atoms with Crippen molar-refractivity contribution in [3.8, 4) is 0 Å². The van der Waals surface area contributed by atoms with Crippen LogP contribution in [0.25, 0.3) is 0 Å². The highest BCUT2D eigenvalue weighted by Crippen LogP contribution is 2.06. The molecule has 0 radical (unpaired) electrons. The predicted molar refractivity (Wildman–Crippen MR) is 62.9 cm³/mol. The molecular formula is C10H13N3OS. The second kappa shape index (κ2) is 5.31. The summed E-state index contributed by atoms with van der Waals surface area (Å²) in [6.45, 7) is 1.96. The number of hydrogen-bond acceptors (Lipinski definition) is 2. The molecule has 0 aliphatic carbocycles. The van der Waals surface area contributed by atoms with Crippen molar-refractivity contribution in [2.24, 2.45) is 5.73 Å². The molecule has 0 atom stereocenters. The highest BCUT2D eigenvalue weighted by atomic mass is 32.1. The number of amides is 1. The molecular weight excluding hydrogens is 210 g/mol. The number of nitrogens with one attached hydrogen (secondary N) is 2. The zero-order chi connectivity index (χ0) is 11.3. The molecule has 0 saturated carbocycles. The van der Waals surface area contributed by atoms with Gasteiger partial charge >= 0.3 is 0 Å². The Bertz CT molecular complexity index is 379. The number of hydrazine groups is 1. The van der Waals surface area contributed by atoms with Gasteiger partial charge in [0.05, 0.1) is 6.42 Å². The molecule has 0 heterocycles. The van der Waals surface area contributed by atoms with E-state index < -0.39 is 0 Å². The summed E-state index contributed by atoms with van der Waals surface area (Å²) in [7, 11) is 0. The van der Waals surface area contributed by atoms with E-state index in [9.17, 15) is 4.79 Å². The van der Waals surface area contributed by atoms with Crippen LogP contribution in [0.5, 0.6) is 0 Å². The Kier molecular flexibility index (Phi) is 4.05. The topological polar surface area (TPSA) is 67.2 Å². The summed E-state index contributed by atoms with van der Waals surface area (Å²) in [6.07, 6.45) is 0.308. The maximum absolute atomic E-state index is 11.4. The number of hydrogen-bond donors (Lipinski definition) is 3. The molecule has 1 rings (SSSR count). The summed E-state index contributed by atoms with van der Waals surface area (Å²) in [5.41, 5.74) is 12.0. The third kappa shape index (κ3) is 3.95. The fraction of sp³-hybridized carbons (Fsp3) is 0.200. The summed E-state index contributed by atoms with van der Waals surface area (Å²) in [5, 5.41) is 0.0492. The van der Waals surface area contributed by atoms with Crippen LogP contribution in [0.4, 0.5) is 0 Å². The van der Waals surface area contributed by atoms with Crippen LogP contribution >= 0.6 is 12.2 Å². The molecule has 0 spiro atoms. The van der Waals surface area contributed by atoms with Crippen molar-refractivity contribution < 1.29 is 4.79 Å². The van der Waals surface area contributed by atoms with Crippen LogP contribution in [-0.4, -0.2) is 11.0 Å². The second-order valence-electron chi connectivity index (χ2n) is 3.14. The molecule has 4 nitrogen and oxygen atoms in total. The van der Waals surface area contributed by atoms with E-state index in [1.54, 1.807) is 0 Å². The molecule has 0 fully saturated rings. The van der Waals surface area contributed by atoms with Crippen LogP contribution < -0.4 is 16.6 Å². The van der Waals surface area contributed by atoms with E-state index >= 15 is 0 Å². The molecule has 0 aromatic heterocycles. The van der Waals surface area contributed by atoms with Crippen molar-refractivity contribution >= 4 is 23.2 Å². The maximum atomic E-state index is 11.4. The maximum Gasteiger partial charge on any atom is 0.242 e. The summed E-state index contributed by atoms with van der Waals surface area (Å²) in [4.78, 5) is 11.4. The van der Waals surface area contributed by atoms with Crippen LogP contribution in [0.2, 0.25) is 0 Å². The predicted octanol–water partition coefficient (Wildman–Crippen LogP) is 0.402. The average Bonchev–Trinajstić information content (AvgIpc) is 2.18. The zero-order valence-electron chi connectivity index (χ0n) is 8.41. The van der Waals surface area contributed by atoms with Gasteiger partial charge in [0.2, 0.25) is 5.91 Å². The molecule has 0 saturated heterocycles. The molecule has 5 heteroatoms. The molecule has 0 aliphatic rings. The summed E-state index contributed by atoms with van der Waals surface area (Å²) in [6, 6.07) is 7.71. The van der Waals surface area contributed by atoms with Crippen molar-refractivity contribution in [1.29, 1.82) is 0 Å². The first-order valence-corrected chi connectivity index (χ1v) is 4.89. The number of nitrogens with two attached hydrogens (primary N) is 1. The smallest absolute Gasteiger partial charge is 0.242 e. The molecule has 15 heavy (non-hydrogen) atoms. The minimum absolute atomic E-state index is 0.0492. The lowest BCUT2D eigenvalue weighted by Crippen LogP contribution is -2.45. The highest BCUT2D eigenvalue weighted by molar-refractivity contribution is 7.80. The molecule has 1 amide bonds. The third-order valence-corrected chi connectivity index (χ3v) is 2.04. The van der Waals surface area contributed by atoms with Gasteiger partial charge in [0.1, 0.15) is 0 Å². The Morgan fingerprint density at radius 2 is 2.07 bits per heavy atom. The van der Waals surface area contributed by atoms with Gasteiger partial charge in [-0.15, -0.1) is 0 Å². The van der Waals surface area contributed by atoms with E-state index in [0.717, 1.165) is 11.1 Å². The van der Waals surface area contributed by atoms with Gasteiger partial charge in [0.15, 0.2) is 5.11 Å². The van der Waals surface area contributed by atoms with Crippen molar-refractivity contribution in [1.82, 2.24) is 10.9 Å². The fourth-order valence-corrected chi connectivity index (χ4v) is 1.21. The van der Waals surface area contributed by atoms with Gasteiger partial charge in [0.25, 0.3) is 0 Å². The minimum atomic E-state index is -0.169. The van der Waals surface area contributed by atoms with Crippen LogP contribution in [0, 0.1) is 6.92 Å². The van der Waals surface area contributed by atoms with E-state index in [1.165, 1.54) is 0 Å². The molecule has 0 aliphatic heterocycles. The number of carbonyl (C=O) groups excluding carboxylic acids is 1. The van der Waals surface area contributed by atoms with Crippen molar-refractivity contribution in [2.45, 2.75) is 13.3 Å². The first-order chi connectivity index (χ1) is 7.09. The zero-order valence-corrected chi connectivity index (χ0v) is 9.23. The van der Waals surface area contributed by atoms with Crippen molar-refractivity contribution in [3.63, 3.8) is 0 Å². The molecule has 0 unspecified atom stereocenters. The second-order valence-corrected chi connectivity index (χ2v) is 3.58. The van der Waals surface area contributed by atoms with Gasteiger partial charge in [-0.3, -0.25) is 15.6 Å². The highest BCUT2D eigenvalue weighted by Gasteiger charge is 2.04.